The number of carbonyl (C=O) groups excluding carboxylic acids is 1. The van der Waals surface area contributed by atoms with Gasteiger partial charge in [-0.2, -0.15) is 0 Å². The van der Waals surface area contributed by atoms with Gasteiger partial charge < -0.3 is 0 Å². The molecule has 0 saturated heterocycles. The molecule has 0 spiro atoms. The summed E-state index contributed by atoms with van der Waals surface area (Å²) in [4.78, 5) is 11.8. The Labute approximate surface area is 139 Å². The van der Waals surface area contributed by atoms with E-state index in [0.717, 1.165) is 7.14 Å². The molecule has 0 saturated carbocycles. The average molecular weight is 443 g/mol. The number of halogens is 4. The van der Waals surface area contributed by atoms with Crippen molar-refractivity contribution in [3.8, 4) is 0 Å². The standard InChI is InChI=1S/C14H10Cl3IO2/c15-14(16,17)13(19)20-18(11-7-3-1-4-8-11)12-9-5-2-6-10-12/h1-10H. The summed E-state index contributed by atoms with van der Waals surface area (Å²) >= 11 is 14.3. The molecule has 0 aliphatic rings. The molecule has 0 aliphatic heterocycles. The number of alkyl halides is 3. The number of carbonyl (C=O) groups is 1. The second kappa shape index (κ2) is 6.98. The Morgan fingerprint density at radius 2 is 1.25 bits per heavy atom. The fourth-order valence-electron chi connectivity index (χ4n) is 1.39. The van der Waals surface area contributed by atoms with Crippen LogP contribution < -0.4 is 0 Å². The molecule has 2 rings (SSSR count). The second-order valence-corrected chi connectivity index (χ2v) is 10.3. The second-order valence-electron chi connectivity index (χ2n) is 3.70. The van der Waals surface area contributed by atoms with Crippen molar-refractivity contribution in [2.45, 2.75) is 3.79 Å². The first-order chi connectivity index (χ1) is 9.48. The van der Waals surface area contributed by atoms with Gasteiger partial charge >= 0.3 is 140 Å². The van der Waals surface area contributed by atoms with Gasteiger partial charge in [0.15, 0.2) is 0 Å². The summed E-state index contributed by atoms with van der Waals surface area (Å²) in [6.45, 7) is 0. The van der Waals surface area contributed by atoms with Crippen LogP contribution in [0.3, 0.4) is 0 Å². The van der Waals surface area contributed by atoms with Gasteiger partial charge in [0.05, 0.1) is 0 Å². The zero-order valence-electron chi connectivity index (χ0n) is 10.1. The van der Waals surface area contributed by atoms with Gasteiger partial charge in [0.25, 0.3) is 0 Å². The van der Waals surface area contributed by atoms with Crippen molar-refractivity contribution in [3.05, 3.63) is 67.8 Å². The molecule has 106 valence electrons. The monoisotopic (exact) mass is 442 g/mol. The van der Waals surface area contributed by atoms with Crippen LogP contribution >= 0.6 is 55.0 Å². The molecule has 0 atom stereocenters. The van der Waals surface area contributed by atoms with E-state index in [9.17, 15) is 4.79 Å². The maximum atomic E-state index is 11.8. The Morgan fingerprint density at radius 1 is 0.850 bits per heavy atom. The quantitative estimate of drug-likeness (QED) is 0.490. The number of benzene rings is 2. The normalized spacial score (nSPS) is 11.8. The predicted molar refractivity (Wildman–Crippen MR) is 90.7 cm³/mol. The Balaban J connectivity index is 2.34. The van der Waals surface area contributed by atoms with Crippen molar-refractivity contribution in [3.63, 3.8) is 0 Å². The summed E-state index contributed by atoms with van der Waals surface area (Å²) < 4.78 is 5.38. The van der Waals surface area contributed by atoms with Gasteiger partial charge in [-0.1, -0.05) is 0 Å². The minimum atomic E-state index is -2.42. The van der Waals surface area contributed by atoms with Crippen molar-refractivity contribution in [2.75, 3.05) is 0 Å². The molecule has 0 heterocycles. The van der Waals surface area contributed by atoms with Gasteiger partial charge in [0, 0.05) is 0 Å². The summed E-state index contributed by atoms with van der Waals surface area (Å²) in [6, 6.07) is 19.1. The van der Waals surface area contributed by atoms with Gasteiger partial charge in [-0.3, -0.25) is 0 Å². The van der Waals surface area contributed by atoms with Crippen LogP contribution in [0.1, 0.15) is 0 Å². The van der Waals surface area contributed by atoms with E-state index in [1.165, 1.54) is 0 Å². The average Bonchev–Trinajstić information content (AvgIpc) is 2.45. The predicted octanol–water partition coefficient (Wildman–Crippen LogP) is 5.06. The van der Waals surface area contributed by atoms with Crippen LogP contribution in [0.25, 0.3) is 0 Å². The first-order valence-electron chi connectivity index (χ1n) is 5.58. The van der Waals surface area contributed by atoms with Crippen LogP contribution in [0.15, 0.2) is 60.7 Å². The topological polar surface area (TPSA) is 26.3 Å². The van der Waals surface area contributed by atoms with E-state index in [-0.39, 0.29) is 0 Å². The van der Waals surface area contributed by atoms with Crippen LogP contribution in [0, 0.1) is 7.14 Å². The Kier molecular flexibility index (Phi) is 5.55. The summed E-state index contributed by atoms with van der Waals surface area (Å²) in [6.07, 6.45) is 0. The van der Waals surface area contributed by atoms with Gasteiger partial charge in [-0.05, 0) is 0 Å². The van der Waals surface area contributed by atoms with Crippen LogP contribution in [-0.2, 0) is 7.86 Å². The van der Waals surface area contributed by atoms with Gasteiger partial charge in [0.1, 0.15) is 0 Å². The number of rotatable bonds is 3. The molecule has 0 N–H and O–H groups in total. The zero-order chi connectivity index (χ0) is 14.6. The van der Waals surface area contributed by atoms with Crippen molar-refractivity contribution in [2.24, 2.45) is 0 Å². The molecule has 0 aliphatic carbocycles. The Hall–Kier alpha value is -0.490. The molecule has 6 heteroatoms. The fourth-order valence-corrected chi connectivity index (χ4v) is 5.99. The summed E-state index contributed by atoms with van der Waals surface area (Å²) in [7, 11) is 0. The molecule has 0 bridgehead atoms. The van der Waals surface area contributed by atoms with Crippen LogP contribution in [0.2, 0.25) is 0 Å². The third-order valence-electron chi connectivity index (χ3n) is 2.24. The molecule has 2 aromatic rings. The molecule has 20 heavy (non-hydrogen) atoms. The van der Waals surface area contributed by atoms with E-state index in [1.54, 1.807) is 0 Å². The Morgan fingerprint density at radius 3 is 1.60 bits per heavy atom. The third-order valence-corrected chi connectivity index (χ3v) is 7.25. The maximum absolute atomic E-state index is 11.8. The van der Waals surface area contributed by atoms with Gasteiger partial charge in [-0.25, -0.2) is 0 Å². The van der Waals surface area contributed by atoms with E-state index < -0.39 is 30.0 Å². The molecule has 0 amide bonds. The molecule has 0 aromatic heterocycles. The number of hydrogen-bond acceptors (Lipinski definition) is 2. The minimum absolute atomic E-state index is 0.833. The van der Waals surface area contributed by atoms with E-state index in [1.807, 2.05) is 60.7 Å². The van der Waals surface area contributed by atoms with Crippen molar-refractivity contribution < 1.29 is 7.86 Å². The third kappa shape index (κ3) is 4.25. The van der Waals surface area contributed by atoms with Crippen molar-refractivity contribution in [1.82, 2.24) is 0 Å². The summed E-state index contributed by atoms with van der Waals surface area (Å²) in [5, 5.41) is 0. The van der Waals surface area contributed by atoms with Crippen LogP contribution in [-0.4, -0.2) is 9.76 Å². The number of hydrogen-bond donors (Lipinski definition) is 0. The molecule has 2 nitrogen and oxygen atoms in total. The molecular formula is C14H10Cl3IO2. The SMILES string of the molecule is O=C(OI(c1ccccc1)c1ccccc1)C(Cl)(Cl)Cl. The first-order valence-corrected chi connectivity index (χ1v) is 9.75. The van der Waals surface area contributed by atoms with Gasteiger partial charge in [0.2, 0.25) is 0 Å². The van der Waals surface area contributed by atoms with Crippen LogP contribution in [0.4, 0.5) is 0 Å². The Bertz CT molecular complexity index is 530. The molecule has 0 fully saturated rings. The van der Waals surface area contributed by atoms with E-state index in [2.05, 4.69) is 0 Å². The van der Waals surface area contributed by atoms with Gasteiger partial charge in [-0.15, -0.1) is 0 Å². The van der Waals surface area contributed by atoms with Crippen molar-refractivity contribution in [1.29, 1.82) is 0 Å². The van der Waals surface area contributed by atoms with E-state index in [4.69, 9.17) is 37.9 Å². The molecule has 0 unspecified atom stereocenters. The summed E-state index contributed by atoms with van der Waals surface area (Å²) in [5.74, 6) is -0.833. The fraction of sp³-hybridized carbons (Fsp3) is 0.0714. The van der Waals surface area contributed by atoms with Crippen molar-refractivity contribution >= 4 is 61.0 Å². The molecule has 0 radical (unpaired) electrons. The summed E-state index contributed by atoms with van der Waals surface area (Å²) in [5.41, 5.74) is 0. The van der Waals surface area contributed by atoms with E-state index >= 15 is 0 Å². The van der Waals surface area contributed by atoms with Crippen LogP contribution in [0.5, 0.6) is 0 Å². The molecule has 2 aromatic carbocycles. The zero-order valence-corrected chi connectivity index (χ0v) is 14.5. The molecular weight excluding hydrogens is 433 g/mol. The first kappa shape index (κ1) is 15.9. The van der Waals surface area contributed by atoms with E-state index in [0.29, 0.717) is 0 Å².